The Balaban J connectivity index is 2.68. The molecule has 0 saturated heterocycles. The van der Waals surface area contributed by atoms with Crippen molar-refractivity contribution in [1.29, 1.82) is 0 Å². The minimum absolute atomic E-state index is 0.0356. The van der Waals surface area contributed by atoms with Crippen LogP contribution in [0.25, 0.3) is 0 Å². The SMILES string of the molecule is CCNC(=O)CN(CC)C(=O)C1C(C)CCCC1N. The molecule has 1 aliphatic carbocycles. The zero-order chi connectivity index (χ0) is 14.4. The van der Waals surface area contributed by atoms with Crippen LogP contribution in [0, 0.1) is 11.8 Å². The van der Waals surface area contributed by atoms with Crippen LogP contribution in [0.2, 0.25) is 0 Å². The van der Waals surface area contributed by atoms with Gasteiger partial charge in [-0.25, -0.2) is 0 Å². The summed E-state index contributed by atoms with van der Waals surface area (Å²) in [5, 5.41) is 2.73. The second-order valence-electron chi connectivity index (χ2n) is 5.40. The van der Waals surface area contributed by atoms with Crippen LogP contribution >= 0.6 is 0 Å². The summed E-state index contributed by atoms with van der Waals surface area (Å²) < 4.78 is 0. The van der Waals surface area contributed by atoms with Crippen LogP contribution in [-0.4, -0.2) is 42.4 Å². The largest absolute Gasteiger partial charge is 0.355 e. The first-order chi connectivity index (χ1) is 9.01. The zero-order valence-electron chi connectivity index (χ0n) is 12.3. The molecule has 0 aliphatic heterocycles. The molecule has 110 valence electrons. The fourth-order valence-electron chi connectivity index (χ4n) is 2.87. The van der Waals surface area contributed by atoms with Crippen LogP contribution in [0.15, 0.2) is 0 Å². The highest BCUT2D eigenvalue weighted by Crippen LogP contribution is 2.30. The smallest absolute Gasteiger partial charge is 0.239 e. The van der Waals surface area contributed by atoms with Gasteiger partial charge in [-0.15, -0.1) is 0 Å². The molecule has 2 amide bonds. The average molecular weight is 269 g/mol. The Morgan fingerprint density at radius 2 is 2.00 bits per heavy atom. The first kappa shape index (κ1) is 16.0. The lowest BCUT2D eigenvalue weighted by Crippen LogP contribution is -2.51. The molecule has 0 aromatic carbocycles. The number of rotatable bonds is 5. The van der Waals surface area contributed by atoms with Gasteiger partial charge in [-0.05, 0) is 32.6 Å². The van der Waals surface area contributed by atoms with E-state index in [4.69, 9.17) is 5.73 Å². The van der Waals surface area contributed by atoms with Gasteiger partial charge in [0.2, 0.25) is 11.8 Å². The summed E-state index contributed by atoms with van der Waals surface area (Å²) in [5.41, 5.74) is 6.10. The average Bonchev–Trinajstić information content (AvgIpc) is 2.35. The summed E-state index contributed by atoms with van der Waals surface area (Å²) in [7, 11) is 0. The second kappa shape index (κ2) is 7.48. The van der Waals surface area contributed by atoms with Gasteiger partial charge in [0.1, 0.15) is 0 Å². The van der Waals surface area contributed by atoms with Gasteiger partial charge in [-0.3, -0.25) is 9.59 Å². The molecule has 0 aromatic heterocycles. The summed E-state index contributed by atoms with van der Waals surface area (Å²) in [6.45, 7) is 7.13. The van der Waals surface area contributed by atoms with E-state index in [9.17, 15) is 9.59 Å². The summed E-state index contributed by atoms with van der Waals surface area (Å²) in [4.78, 5) is 25.8. The van der Waals surface area contributed by atoms with Crippen LogP contribution in [0.1, 0.15) is 40.0 Å². The molecule has 5 heteroatoms. The Morgan fingerprint density at radius 1 is 1.32 bits per heavy atom. The first-order valence-electron chi connectivity index (χ1n) is 7.32. The predicted octanol–water partition coefficient (Wildman–Crippen LogP) is 0.734. The van der Waals surface area contributed by atoms with E-state index in [1.54, 1.807) is 4.90 Å². The topological polar surface area (TPSA) is 75.4 Å². The molecule has 0 heterocycles. The molecule has 0 radical (unpaired) electrons. The molecule has 0 aromatic rings. The maximum Gasteiger partial charge on any atom is 0.239 e. The van der Waals surface area contributed by atoms with Crippen LogP contribution in [0.3, 0.4) is 0 Å². The Hall–Kier alpha value is -1.10. The maximum atomic E-state index is 12.6. The lowest BCUT2D eigenvalue weighted by Gasteiger charge is -2.36. The van der Waals surface area contributed by atoms with Crippen molar-refractivity contribution in [2.24, 2.45) is 17.6 Å². The van der Waals surface area contributed by atoms with Crippen molar-refractivity contribution in [3.05, 3.63) is 0 Å². The number of likely N-dealkylation sites (N-methyl/N-ethyl adjacent to an activating group) is 2. The quantitative estimate of drug-likeness (QED) is 0.773. The zero-order valence-corrected chi connectivity index (χ0v) is 12.3. The molecule has 1 fully saturated rings. The van der Waals surface area contributed by atoms with Crippen molar-refractivity contribution in [1.82, 2.24) is 10.2 Å². The molecule has 0 bridgehead atoms. The Bertz CT molecular complexity index is 310. The fraction of sp³-hybridized carbons (Fsp3) is 0.857. The molecule has 1 aliphatic rings. The standard InChI is InChI=1S/C14H27N3O2/c1-4-16-12(18)9-17(5-2)14(19)13-10(3)7-6-8-11(13)15/h10-11,13H,4-9,15H2,1-3H3,(H,16,18). The van der Waals surface area contributed by atoms with Gasteiger partial charge in [0.15, 0.2) is 0 Å². The third-order valence-electron chi connectivity index (χ3n) is 3.96. The van der Waals surface area contributed by atoms with Gasteiger partial charge in [0.25, 0.3) is 0 Å². The van der Waals surface area contributed by atoms with Gasteiger partial charge in [-0.1, -0.05) is 13.3 Å². The van der Waals surface area contributed by atoms with E-state index >= 15 is 0 Å². The van der Waals surface area contributed by atoms with Crippen molar-refractivity contribution in [2.45, 2.75) is 46.1 Å². The van der Waals surface area contributed by atoms with Crippen molar-refractivity contribution >= 4 is 11.8 Å². The van der Waals surface area contributed by atoms with E-state index in [1.807, 2.05) is 13.8 Å². The van der Waals surface area contributed by atoms with Gasteiger partial charge in [-0.2, -0.15) is 0 Å². The number of nitrogens with two attached hydrogens (primary N) is 1. The lowest BCUT2D eigenvalue weighted by atomic mass is 9.76. The van der Waals surface area contributed by atoms with E-state index in [2.05, 4.69) is 12.2 Å². The van der Waals surface area contributed by atoms with Gasteiger partial charge >= 0.3 is 0 Å². The van der Waals surface area contributed by atoms with Crippen LogP contribution in [-0.2, 0) is 9.59 Å². The monoisotopic (exact) mass is 269 g/mol. The van der Waals surface area contributed by atoms with E-state index in [0.29, 0.717) is 19.0 Å². The third-order valence-corrected chi connectivity index (χ3v) is 3.96. The summed E-state index contributed by atoms with van der Waals surface area (Å²) in [5.74, 6) is 0.103. The molecule has 3 unspecified atom stereocenters. The predicted molar refractivity (Wildman–Crippen MR) is 75.4 cm³/mol. The highest BCUT2D eigenvalue weighted by atomic mass is 16.2. The van der Waals surface area contributed by atoms with E-state index in [1.165, 1.54) is 0 Å². The molecule has 0 spiro atoms. The molecule has 1 saturated carbocycles. The minimum atomic E-state index is -0.136. The van der Waals surface area contributed by atoms with Gasteiger partial charge in [0, 0.05) is 19.1 Å². The Kier molecular flexibility index (Phi) is 6.28. The van der Waals surface area contributed by atoms with Gasteiger partial charge in [0.05, 0.1) is 12.5 Å². The Labute approximate surface area is 115 Å². The van der Waals surface area contributed by atoms with Crippen molar-refractivity contribution < 1.29 is 9.59 Å². The van der Waals surface area contributed by atoms with Crippen LogP contribution < -0.4 is 11.1 Å². The Morgan fingerprint density at radius 3 is 2.53 bits per heavy atom. The number of carbonyl (C=O) groups is 2. The summed E-state index contributed by atoms with van der Waals surface area (Å²) in [6, 6.07) is -0.0699. The fourth-order valence-corrected chi connectivity index (χ4v) is 2.87. The number of carbonyl (C=O) groups excluding carboxylic acids is 2. The number of nitrogens with one attached hydrogen (secondary N) is 1. The molecule has 3 N–H and O–H groups in total. The summed E-state index contributed by atoms with van der Waals surface area (Å²) in [6.07, 6.45) is 3.04. The molecular formula is C14H27N3O2. The van der Waals surface area contributed by atoms with E-state index in [-0.39, 0.29) is 30.3 Å². The summed E-state index contributed by atoms with van der Waals surface area (Å²) >= 11 is 0. The molecule has 19 heavy (non-hydrogen) atoms. The minimum Gasteiger partial charge on any atom is -0.355 e. The van der Waals surface area contributed by atoms with Gasteiger partial charge < -0.3 is 16.0 Å². The number of hydrogen-bond acceptors (Lipinski definition) is 3. The van der Waals surface area contributed by atoms with Crippen LogP contribution in [0.5, 0.6) is 0 Å². The number of hydrogen-bond donors (Lipinski definition) is 2. The highest BCUT2D eigenvalue weighted by Gasteiger charge is 2.36. The van der Waals surface area contributed by atoms with Crippen LogP contribution in [0.4, 0.5) is 0 Å². The van der Waals surface area contributed by atoms with Crippen molar-refractivity contribution in [2.75, 3.05) is 19.6 Å². The second-order valence-corrected chi connectivity index (χ2v) is 5.40. The van der Waals surface area contributed by atoms with E-state index in [0.717, 1.165) is 19.3 Å². The maximum absolute atomic E-state index is 12.6. The number of nitrogens with zero attached hydrogens (tertiary/aromatic N) is 1. The molecule has 3 atom stereocenters. The van der Waals surface area contributed by atoms with Crippen molar-refractivity contribution in [3.63, 3.8) is 0 Å². The first-order valence-corrected chi connectivity index (χ1v) is 7.32. The highest BCUT2D eigenvalue weighted by molar-refractivity contribution is 5.86. The van der Waals surface area contributed by atoms with E-state index < -0.39 is 0 Å². The molecule has 1 rings (SSSR count). The lowest BCUT2D eigenvalue weighted by molar-refractivity contribution is -0.142. The normalized spacial score (nSPS) is 26.8. The third kappa shape index (κ3) is 4.20. The molecule has 5 nitrogen and oxygen atoms in total. The molecular weight excluding hydrogens is 242 g/mol. The number of amides is 2. The van der Waals surface area contributed by atoms with Crippen molar-refractivity contribution in [3.8, 4) is 0 Å².